The first-order valence-corrected chi connectivity index (χ1v) is 7.72. The van der Waals surface area contributed by atoms with Crippen molar-refractivity contribution in [1.82, 2.24) is 4.90 Å². The number of carboxylic acid groups (broad SMARTS) is 1. The Morgan fingerprint density at radius 2 is 2.30 bits per heavy atom. The second kappa shape index (κ2) is 6.76. The van der Waals surface area contributed by atoms with Gasteiger partial charge in [-0.3, -0.25) is 4.79 Å². The molecule has 0 spiro atoms. The summed E-state index contributed by atoms with van der Waals surface area (Å²) in [5.41, 5.74) is 1.69. The maximum atomic E-state index is 12.4. The van der Waals surface area contributed by atoms with Gasteiger partial charge in [-0.1, -0.05) is 12.1 Å². The zero-order chi connectivity index (χ0) is 14.5. The van der Waals surface area contributed by atoms with Crippen LogP contribution in [0.5, 0.6) is 0 Å². The van der Waals surface area contributed by atoms with Gasteiger partial charge < -0.3 is 14.7 Å². The fraction of sp³-hybridized carbons (Fsp3) is 0.429. The number of thioether (sulfide) groups is 1. The number of carboxylic acids is 1. The smallest absolute Gasteiger partial charge is 0.334 e. The van der Waals surface area contributed by atoms with Crippen molar-refractivity contribution in [3.8, 4) is 0 Å². The number of morpholine rings is 1. The van der Waals surface area contributed by atoms with Gasteiger partial charge >= 0.3 is 5.97 Å². The topological polar surface area (TPSA) is 66.8 Å². The molecule has 20 heavy (non-hydrogen) atoms. The van der Waals surface area contributed by atoms with Crippen LogP contribution in [0.2, 0.25) is 0 Å². The molecule has 6 heteroatoms. The van der Waals surface area contributed by atoms with Crippen LogP contribution in [0, 0.1) is 0 Å². The molecule has 1 aromatic carbocycles. The molecule has 0 bridgehead atoms. The number of aliphatic carboxylic acids is 1. The lowest BCUT2D eigenvalue weighted by atomic mass is 10.1. The number of rotatable bonds is 4. The van der Waals surface area contributed by atoms with E-state index in [1.807, 2.05) is 24.5 Å². The summed E-state index contributed by atoms with van der Waals surface area (Å²) in [5, 5.41) is 8.96. The summed E-state index contributed by atoms with van der Waals surface area (Å²) in [4.78, 5) is 24.9. The molecule has 0 saturated carbocycles. The second-order valence-electron chi connectivity index (χ2n) is 4.58. The fourth-order valence-electron chi connectivity index (χ4n) is 2.13. The quantitative estimate of drug-likeness (QED) is 0.911. The molecule has 5 nitrogen and oxygen atoms in total. The Hall–Kier alpha value is -1.53. The highest BCUT2D eigenvalue weighted by Crippen LogP contribution is 2.15. The van der Waals surface area contributed by atoms with Crippen LogP contribution >= 0.6 is 11.8 Å². The highest BCUT2D eigenvalue weighted by molar-refractivity contribution is 7.97. The molecule has 1 atom stereocenters. The number of ether oxygens (including phenoxy) is 1. The van der Waals surface area contributed by atoms with E-state index in [-0.39, 0.29) is 19.1 Å². The van der Waals surface area contributed by atoms with Crippen LogP contribution in [-0.2, 0) is 15.3 Å². The minimum Gasteiger partial charge on any atom is -0.479 e. The van der Waals surface area contributed by atoms with Crippen molar-refractivity contribution in [2.24, 2.45) is 0 Å². The average Bonchev–Trinajstić information content (AvgIpc) is 2.47. The number of carbonyl (C=O) groups is 2. The summed E-state index contributed by atoms with van der Waals surface area (Å²) in [7, 11) is 0. The van der Waals surface area contributed by atoms with E-state index in [2.05, 4.69) is 0 Å². The molecule has 1 aromatic rings. The number of hydrogen-bond donors (Lipinski definition) is 1. The molecule has 1 aliphatic rings. The van der Waals surface area contributed by atoms with Gasteiger partial charge in [0.15, 0.2) is 6.10 Å². The molecule has 1 N–H and O–H groups in total. The largest absolute Gasteiger partial charge is 0.479 e. The number of hydrogen-bond acceptors (Lipinski definition) is 4. The summed E-state index contributed by atoms with van der Waals surface area (Å²) in [6.45, 7) is 0.781. The van der Waals surface area contributed by atoms with Crippen LogP contribution < -0.4 is 0 Å². The van der Waals surface area contributed by atoms with Crippen molar-refractivity contribution in [2.45, 2.75) is 11.9 Å². The number of amides is 1. The van der Waals surface area contributed by atoms with Crippen LogP contribution in [0.1, 0.15) is 15.9 Å². The zero-order valence-electron chi connectivity index (χ0n) is 11.2. The Kier molecular flexibility index (Phi) is 5.03. The predicted molar refractivity (Wildman–Crippen MR) is 76.9 cm³/mol. The molecule has 0 aromatic heterocycles. The number of carbonyl (C=O) groups excluding carboxylic acids is 1. The van der Waals surface area contributed by atoms with E-state index in [4.69, 9.17) is 9.84 Å². The van der Waals surface area contributed by atoms with Crippen LogP contribution in [0.4, 0.5) is 0 Å². The Balaban J connectivity index is 2.10. The van der Waals surface area contributed by atoms with Gasteiger partial charge in [0.2, 0.25) is 0 Å². The maximum Gasteiger partial charge on any atom is 0.334 e. The molecule has 1 amide bonds. The van der Waals surface area contributed by atoms with Crippen molar-refractivity contribution in [3.05, 3.63) is 35.4 Å². The summed E-state index contributed by atoms with van der Waals surface area (Å²) < 4.78 is 5.12. The summed E-state index contributed by atoms with van der Waals surface area (Å²) in [6, 6.07) is 7.46. The van der Waals surface area contributed by atoms with Gasteiger partial charge in [0.25, 0.3) is 5.91 Å². The average molecular weight is 295 g/mol. The van der Waals surface area contributed by atoms with E-state index in [9.17, 15) is 9.59 Å². The van der Waals surface area contributed by atoms with E-state index in [1.54, 1.807) is 22.7 Å². The van der Waals surface area contributed by atoms with Crippen molar-refractivity contribution >= 4 is 23.6 Å². The van der Waals surface area contributed by atoms with Gasteiger partial charge in [0, 0.05) is 17.9 Å². The van der Waals surface area contributed by atoms with Crippen molar-refractivity contribution in [3.63, 3.8) is 0 Å². The van der Waals surface area contributed by atoms with E-state index in [0.29, 0.717) is 12.1 Å². The maximum absolute atomic E-state index is 12.4. The number of nitrogens with zero attached hydrogens (tertiary/aromatic N) is 1. The molecule has 1 fully saturated rings. The van der Waals surface area contributed by atoms with E-state index >= 15 is 0 Å². The lowest BCUT2D eigenvalue weighted by molar-refractivity contribution is -0.154. The molecule has 0 aliphatic carbocycles. The van der Waals surface area contributed by atoms with Gasteiger partial charge in [-0.05, 0) is 24.0 Å². The third-order valence-corrected chi connectivity index (χ3v) is 3.74. The van der Waals surface area contributed by atoms with Crippen LogP contribution in [-0.4, -0.2) is 53.9 Å². The number of benzene rings is 1. The summed E-state index contributed by atoms with van der Waals surface area (Å²) in [5.74, 6) is -0.316. The predicted octanol–water partition coefficient (Wildman–Crippen LogP) is 1.48. The molecule has 1 heterocycles. The Bertz CT molecular complexity index is 506. The second-order valence-corrected chi connectivity index (χ2v) is 5.45. The van der Waals surface area contributed by atoms with Gasteiger partial charge in [0.1, 0.15) is 0 Å². The van der Waals surface area contributed by atoms with Gasteiger partial charge in [-0.2, -0.15) is 11.8 Å². The Morgan fingerprint density at radius 3 is 3.00 bits per heavy atom. The minimum absolute atomic E-state index is 0.0981. The molecular weight excluding hydrogens is 278 g/mol. The van der Waals surface area contributed by atoms with Crippen molar-refractivity contribution in [2.75, 3.05) is 26.0 Å². The molecule has 2 rings (SSSR count). The summed E-state index contributed by atoms with van der Waals surface area (Å²) >= 11 is 1.69. The van der Waals surface area contributed by atoms with Gasteiger partial charge in [-0.25, -0.2) is 4.79 Å². The van der Waals surface area contributed by atoms with Crippen LogP contribution in [0.25, 0.3) is 0 Å². The van der Waals surface area contributed by atoms with Crippen LogP contribution in [0.15, 0.2) is 24.3 Å². The molecule has 0 radical (unpaired) electrons. The highest BCUT2D eigenvalue weighted by Gasteiger charge is 2.29. The fourth-order valence-corrected chi connectivity index (χ4v) is 2.64. The lowest BCUT2D eigenvalue weighted by Gasteiger charge is -2.31. The van der Waals surface area contributed by atoms with Crippen LogP contribution in [0.3, 0.4) is 0 Å². The molecule has 1 unspecified atom stereocenters. The first-order valence-electron chi connectivity index (χ1n) is 6.33. The lowest BCUT2D eigenvalue weighted by Crippen LogP contribution is -2.48. The molecule has 1 saturated heterocycles. The monoisotopic (exact) mass is 295 g/mol. The van der Waals surface area contributed by atoms with E-state index in [1.165, 1.54) is 0 Å². The molecule has 1 aliphatic heterocycles. The third kappa shape index (κ3) is 3.52. The highest BCUT2D eigenvalue weighted by atomic mass is 32.2. The summed E-state index contributed by atoms with van der Waals surface area (Å²) in [6.07, 6.45) is 1.08. The SMILES string of the molecule is CSCc1cccc(C(=O)N2CCOC(C(=O)O)C2)c1. The first-order chi connectivity index (χ1) is 9.61. The van der Waals surface area contributed by atoms with Crippen molar-refractivity contribution < 1.29 is 19.4 Å². The first kappa shape index (κ1) is 14.9. The standard InChI is InChI=1S/C14H17NO4S/c1-20-9-10-3-2-4-11(7-10)13(16)15-5-6-19-12(8-15)14(17)18/h2-4,7,12H,5-6,8-9H2,1H3,(H,17,18). The van der Waals surface area contributed by atoms with E-state index < -0.39 is 12.1 Å². The minimum atomic E-state index is -1.03. The Morgan fingerprint density at radius 1 is 1.50 bits per heavy atom. The normalized spacial score (nSPS) is 18.9. The van der Waals surface area contributed by atoms with Gasteiger partial charge in [-0.15, -0.1) is 0 Å². The van der Waals surface area contributed by atoms with Crippen molar-refractivity contribution in [1.29, 1.82) is 0 Å². The molecular formula is C14H17NO4S. The molecule has 108 valence electrons. The zero-order valence-corrected chi connectivity index (χ0v) is 12.1. The van der Waals surface area contributed by atoms with E-state index in [0.717, 1.165) is 11.3 Å². The van der Waals surface area contributed by atoms with Gasteiger partial charge in [0.05, 0.1) is 13.2 Å². The third-order valence-electron chi connectivity index (χ3n) is 3.11. The Labute approximate surface area is 121 Å².